The molecule has 19 heavy (non-hydrogen) atoms. The minimum absolute atomic E-state index is 0.280. The Morgan fingerprint density at radius 3 is 2.58 bits per heavy atom. The van der Waals surface area contributed by atoms with Crippen molar-refractivity contribution in [1.29, 1.82) is 0 Å². The highest BCUT2D eigenvalue weighted by atomic mass is 35.5. The minimum atomic E-state index is -0.308. The molecule has 0 spiro atoms. The topological polar surface area (TPSA) is 51.5 Å². The molecule has 4 nitrogen and oxygen atoms in total. The molecular weight excluding hydrogens is 266 g/mol. The van der Waals surface area contributed by atoms with Crippen molar-refractivity contribution in [3.8, 4) is 5.75 Å². The maximum atomic E-state index is 12.0. The number of halogens is 1. The van der Waals surface area contributed by atoms with E-state index < -0.39 is 0 Å². The van der Waals surface area contributed by atoms with Crippen LogP contribution in [0.25, 0.3) is 0 Å². The number of rotatable bonds is 3. The van der Waals surface area contributed by atoms with E-state index in [1.165, 1.54) is 7.11 Å². The van der Waals surface area contributed by atoms with E-state index in [-0.39, 0.29) is 11.7 Å². The fourth-order valence-corrected chi connectivity index (χ4v) is 1.88. The predicted molar refractivity (Wildman–Crippen MR) is 74.1 cm³/mol. The molecule has 1 heterocycles. The fourth-order valence-electron chi connectivity index (χ4n) is 1.62. The van der Waals surface area contributed by atoms with Gasteiger partial charge in [-0.05, 0) is 43.7 Å². The maximum Gasteiger partial charge on any atom is 0.291 e. The second kappa shape index (κ2) is 5.36. The number of nitrogens with one attached hydrogen (secondary N) is 1. The Morgan fingerprint density at radius 2 is 2.05 bits per heavy atom. The van der Waals surface area contributed by atoms with Crippen LogP contribution in [0.15, 0.2) is 28.7 Å². The van der Waals surface area contributed by atoms with Crippen LogP contribution in [-0.2, 0) is 0 Å². The fraction of sp³-hybridized carbons (Fsp3) is 0.214. The van der Waals surface area contributed by atoms with E-state index in [1.807, 2.05) is 13.8 Å². The van der Waals surface area contributed by atoms with Crippen molar-refractivity contribution in [1.82, 2.24) is 0 Å². The third-order valence-corrected chi connectivity index (χ3v) is 3.09. The Morgan fingerprint density at radius 1 is 1.32 bits per heavy atom. The molecule has 0 bridgehead atoms. The standard InChI is InChI=1S/C14H14ClNO3/c1-8-6-13(19-9(8)2)14(17)16-10-4-5-12(18-3)11(15)7-10/h4-7H,1-3H3,(H,16,17). The van der Waals surface area contributed by atoms with Crippen LogP contribution < -0.4 is 10.1 Å². The van der Waals surface area contributed by atoms with Crippen LogP contribution in [0.4, 0.5) is 5.69 Å². The van der Waals surface area contributed by atoms with E-state index in [0.29, 0.717) is 16.5 Å². The molecule has 1 amide bonds. The van der Waals surface area contributed by atoms with Crippen LogP contribution in [0.5, 0.6) is 5.75 Å². The molecule has 1 aromatic carbocycles. The molecule has 0 saturated carbocycles. The molecule has 2 rings (SSSR count). The van der Waals surface area contributed by atoms with E-state index in [0.717, 1.165) is 11.3 Å². The zero-order valence-electron chi connectivity index (χ0n) is 10.9. The molecule has 0 saturated heterocycles. The SMILES string of the molecule is COc1ccc(NC(=O)c2cc(C)c(C)o2)cc1Cl. The average molecular weight is 280 g/mol. The van der Waals surface area contributed by atoms with Crippen molar-refractivity contribution >= 4 is 23.2 Å². The highest BCUT2D eigenvalue weighted by molar-refractivity contribution is 6.32. The number of aryl methyl sites for hydroxylation is 2. The summed E-state index contributed by atoms with van der Waals surface area (Å²) in [5.74, 6) is 1.27. The second-order valence-electron chi connectivity index (χ2n) is 4.15. The number of carbonyl (C=O) groups excluding carboxylic acids is 1. The zero-order chi connectivity index (χ0) is 14.0. The van der Waals surface area contributed by atoms with Gasteiger partial charge >= 0.3 is 0 Å². The van der Waals surface area contributed by atoms with Crippen LogP contribution in [0.3, 0.4) is 0 Å². The minimum Gasteiger partial charge on any atom is -0.495 e. The van der Waals surface area contributed by atoms with Crippen LogP contribution in [-0.4, -0.2) is 13.0 Å². The van der Waals surface area contributed by atoms with Gasteiger partial charge in [-0.25, -0.2) is 0 Å². The van der Waals surface area contributed by atoms with E-state index in [9.17, 15) is 4.79 Å². The lowest BCUT2D eigenvalue weighted by Gasteiger charge is -2.06. The number of ether oxygens (including phenoxy) is 1. The van der Waals surface area contributed by atoms with Gasteiger partial charge in [-0.3, -0.25) is 4.79 Å². The summed E-state index contributed by atoms with van der Waals surface area (Å²) in [6.07, 6.45) is 0. The summed E-state index contributed by atoms with van der Waals surface area (Å²) in [6, 6.07) is 6.73. The molecule has 0 radical (unpaired) electrons. The number of methoxy groups -OCH3 is 1. The Labute approximate surface area is 116 Å². The molecule has 5 heteroatoms. The lowest BCUT2D eigenvalue weighted by molar-refractivity contribution is 0.0995. The summed E-state index contributed by atoms with van der Waals surface area (Å²) >= 11 is 5.99. The van der Waals surface area contributed by atoms with E-state index in [1.54, 1.807) is 24.3 Å². The number of furan rings is 1. The van der Waals surface area contributed by atoms with Crippen molar-refractivity contribution in [3.63, 3.8) is 0 Å². The van der Waals surface area contributed by atoms with Crippen LogP contribution >= 0.6 is 11.6 Å². The normalized spacial score (nSPS) is 10.3. The monoisotopic (exact) mass is 279 g/mol. The molecule has 0 fully saturated rings. The zero-order valence-corrected chi connectivity index (χ0v) is 11.7. The lowest BCUT2D eigenvalue weighted by Crippen LogP contribution is -2.10. The molecule has 2 aromatic rings. The summed E-state index contributed by atoms with van der Waals surface area (Å²) < 4.78 is 10.4. The first kappa shape index (κ1) is 13.5. The second-order valence-corrected chi connectivity index (χ2v) is 4.56. The molecule has 1 aromatic heterocycles. The van der Waals surface area contributed by atoms with Gasteiger partial charge in [-0.2, -0.15) is 0 Å². The highest BCUT2D eigenvalue weighted by Gasteiger charge is 2.13. The Bertz CT molecular complexity index is 600. The summed E-state index contributed by atoms with van der Waals surface area (Å²) in [5, 5.41) is 3.16. The summed E-state index contributed by atoms with van der Waals surface area (Å²) in [6.45, 7) is 3.70. The van der Waals surface area contributed by atoms with E-state index in [4.69, 9.17) is 20.8 Å². The first-order valence-electron chi connectivity index (χ1n) is 5.73. The number of benzene rings is 1. The molecule has 0 atom stereocenters. The summed E-state index contributed by atoms with van der Waals surface area (Å²) in [7, 11) is 1.54. The smallest absolute Gasteiger partial charge is 0.291 e. The average Bonchev–Trinajstić information content (AvgIpc) is 2.70. The maximum absolute atomic E-state index is 12.0. The van der Waals surface area contributed by atoms with Crippen LogP contribution in [0.2, 0.25) is 5.02 Å². The van der Waals surface area contributed by atoms with Gasteiger partial charge < -0.3 is 14.5 Å². The van der Waals surface area contributed by atoms with Gasteiger partial charge in [0, 0.05) is 5.69 Å². The molecule has 0 unspecified atom stereocenters. The van der Waals surface area contributed by atoms with Crippen LogP contribution in [0.1, 0.15) is 21.9 Å². The molecular formula is C14H14ClNO3. The van der Waals surface area contributed by atoms with Gasteiger partial charge in [0.15, 0.2) is 5.76 Å². The summed E-state index contributed by atoms with van der Waals surface area (Å²) in [4.78, 5) is 12.0. The number of hydrogen-bond acceptors (Lipinski definition) is 3. The number of hydrogen-bond donors (Lipinski definition) is 1. The van der Waals surface area contributed by atoms with Gasteiger partial charge in [-0.15, -0.1) is 0 Å². The van der Waals surface area contributed by atoms with E-state index in [2.05, 4.69) is 5.32 Å². The van der Waals surface area contributed by atoms with Crippen LogP contribution in [0, 0.1) is 13.8 Å². The van der Waals surface area contributed by atoms with Crippen molar-refractivity contribution < 1.29 is 13.9 Å². The molecule has 0 aliphatic heterocycles. The quantitative estimate of drug-likeness (QED) is 0.929. The van der Waals surface area contributed by atoms with Crippen molar-refractivity contribution in [2.24, 2.45) is 0 Å². The Hall–Kier alpha value is -1.94. The number of amides is 1. The van der Waals surface area contributed by atoms with Gasteiger partial charge in [0.2, 0.25) is 0 Å². The Kier molecular flexibility index (Phi) is 3.81. The molecule has 1 N–H and O–H groups in total. The summed E-state index contributed by atoms with van der Waals surface area (Å²) in [5.41, 5.74) is 1.53. The Balaban J connectivity index is 2.17. The number of anilines is 1. The first-order valence-corrected chi connectivity index (χ1v) is 6.11. The van der Waals surface area contributed by atoms with Crippen molar-refractivity contribution in [2.45, 2.75) is 13.8 Å². The highest BCUT2D eigenvalue weighted by Crippen LogP contribution is 2.27. The third-order valence-electron chi connectivity index (χ3n) is 2.80. The van der Waals surface area contributed by atoms with Crippen molar-refractivity contribution in [2.75, 3.05) is 12.4 Å². The van der Waals surface area contributed by atoms with Crippen molar-refractivity contribution in [3.05, 3.63) is 46.4 Å². The third kappa shape index (κ3) is 2.90. The first-order chi connectivity index (χ1) is 9.01. The lowest BCUT2D eigenvalue weighted by atomic mass is 10.2. The number of carbonyl (C=O) groups is 1. The predicted octanol–water partition coefficient (Wildman–Crippen LogP) is 3.81. The van der Waals surface area contributed by atoms with E-state index >= 15 is 0 Å². The molecule has 0 aliphatic rings. The molecule has 0 aliphatic carbocycles. The van der Waals surface area contributed by atoms with Gasteiger partial charge in [0.25, 0.3) is 5.91 Å². The van der Waals surface area contributed by atoms with Gasteiger partial charge in [0.05, 0.1) is 12.1 Å². The molecule has 100 valence electrons. The largest absolute Gasteiger partial charge is 0.495 e. The van der Waals surface area contributed by atoms with Gasteiger partial charge in [0.1, 0.15) is 11.5 Å². The van der Waals surface area contributed by atoms with Gasteiger partial charge in [-0.1, -0.05) is 11.6 Å².